The number of alkyl carbamates (subject to hydrolysis) is 2. The molecule has 109 heavy (non-hydrogen) atoms. The number of piperidine rings is 3. The first kappa shape index (κ1) is 83.8. The topological polar surface area (TPSA) is 227 Å². The zero-order chi connectivity index (χ0) is 76.2. The van der Waals surface area contributed by atoms with E-state index in [1.807, 2.05) is 84.5 Å². The minimum absolute atomic E-state index is 0. The number of ether oxygens (including phenoxy) is 2. The molecule has 6 aliphatic rings. The van der Waals surface area contributed by atoms with Gasteiger partial charge in [-0.15, -0.1) is 23.5 Å². The third kappa shape index (κ3) is 23.0. The first-order valence-electron chi connectivity index (χ1n) is 37.5. The molecule has 18 nitrogen and oxygen atoms in total. The number of aryl methyl sites for hydroxylation is 3. The molecule has 3 aromatic heterocycles. The van der Waals surface area contributed by atoms with Gasteiger partial charge in [-0.05, 0) is 174 Å². The van der Waals surface area contributed by atoms with Crippen molar-refractivity contribution in [2.24, 2.45) is 22.0 Å². The first-order chi connectivity index (χ1) is 52.1. The second-order valence-corrected chi connectivity index (χ2v) is 34.1. The maximum Gasteiger partial charge on any atom is 1.00 e. The second-order valence-electron chi connectivity index (χ2n) is 30.6. The minimum Gasteiger partial charge on any atom is -0.759 e. The van der Waals surface area contributed by atoms with Crippen molar-refractivity contribution in [2.45, 2.75) is 163 Å². The first-order valence-corrected chi connectivity index (χ1v) is 41.0. The van der Waals surface area contributed by atoms with Crippen LogP contribution in [0.15, 0.2) is 216 Å². The summed E-state index contributed by atoms with van der Waals surface area (Å²) in [7, 11) is 0. The maximum absolute atomic E-state index is 12.8. The van der Waals surface area contributed by atoms with Gasteiger partial charge in [0.05, 0.1) is 43.1 Å². The van der Waals surface area contributed by atoms with E-state index in [0.717, 1.165) is 161 Å². The number of nitrogens with two attached hydrogens (primary N) is 1. The molecular weight excluding hydrogens is 1500 g/mol. The summed E-state index contributed by atoms with van der Waals surface area (Å²) in [6.45, 7) is 16.6. The molecule has 3 spiro atoms. The number of carbonyl (C=O) groups excluding carboxylic acids is 2. The van der Waals surface area contributed by atoms with Crippen LogP contribution in [0.5, 0.6) is 0 Å². The van der Waals surface area contributed by atoms with Gasteiger partial charge >= 0.3 is 41.7 Å². The van der Waals surface area contributed by atoms with Crippen molar-refractivity contribution < 1.29 is 58.5 Å². The zero-order valence-electron chi connectivity index (χ0n) is 63.9. The summed E-state index contributed by atoms with van der Waals surface area (Å²) in [5.74, 6) is 4.77. The van der Waals surface area contributed by atoms with E-state index in [2.05, 4.69) is 207 Å². The van der Waals surface area contributed by atoms with Crippen LogP contribution in [0.2, 0.25) is 0 Å². The standard InChI is InChI=1S/C30H36N4O2S.C25H28N4S.C22H28N4O2S.C8H9Br.CH2O2.Na/c1-29(2,3)36-28(35)33-27-24-12-8-7-11-23(24)19-30(27)14-16-34(17-15-30)25-20-32-26(21-31-25)37-18-13-22-9-5-4-6-10-22;26-24-21-9-5-4-8-20(21)16-25(24)11-13-29(14-12-25)22-17-28-23(18-27-22)30-15-10-19-6-2-1-3-7-19;1-21(2,3)28-20(27)25-19-16-7-5-4-6-15(16)12-22(19)8-10-26(11-9-22)17-13-24-18(29)14-23-17;9-7-6-8-4-2-1-3-5-8;2-1-3;/h4-12,20-21,27H,13-19H2,1-3H3,(H,33,35);1-9,17-18,24H,10-16,26H2;4-7,13-14,19H,8-12H2,1-3H3,(H,24,29)(H,25,27);1-5H,6-7H2;1H,(H,2,3);/q;;;;;+1/p-1/t27-;24-;19-;;;/m111.../s1. The third-order valence-corrected chi connectivity index (χ3v) is 23.7. The van der Waals surface area contributed by atoms with E-state index >= 15 is 0 Å². The average Bonchev–Trinajstić information content (AvgIpc) is 1.58. The van der Waals surface area contributed by atoms with Gasteiger partial charge in [-0.25, -0.2) is 34.5 Å². The molecular formula is C86H102BrN12NaO6S3. The van der Waals surface area contributed by atoms with Crippen LogP contribution in [0.1, 0.15) is 148 Å². The molecule has 2 amide bonds. The van der Waals surface area contributed by atoms with Crippen LogP contribution in [0.4, 0.5) is 27.0 Å². The fourth-order valence-corrected chi connectivity index (χ4v) is 18.0. The predicted octanol–water partition coefficient (Wildman–Crippen LogP) is 14.0. The van der Waals surface area contributed by atoms with Crippen molar-refractivity contribution in [3.8, 4) is 0 Å². The van der Waals surface area contributed by atoms with E-state index in [9.17, 15) is 9.59 Å². The number of thioether (sulfide) groups is 2. The number of hydrogen-bond acceptors (Lipinski definition) is 18. The summed E-state index contributed by atoms with van der Waals surface area (Å²) in [4.78, 5) is 68.1. The van der Waals surface area contributed by atoms with Crippen molar-refractivity contribution in [2.75, 3.05) is 70.8 Å². The second kappa shape index (κ2) is 39.5. The van der Waals surface area contributed by atoms with Gasteiger partial charge in [0.15, 0.2) is 0 Å². The SMILES string of the molecule is BrCCc1ccccc1.CC(C)(C)OC(=O)N[C@@H]1c2ccccc2CC12CCN(c1cnc(SCCc3ccccc3)cn1)CC2.CC(C)(C)OC(=O)N[C@@H]1c2ccccc2CC12CCN(c1cnc([S-])cn1)CC2.N[C@@H]1c2ccccc2CC12CCN(c1cnc(SCCc3ccccc3)cn1)CC2.O=CO.[Na+]. The number of carboxylic acid groups (broad SMARTS) is 1. The summed E-state index contributed by atoms with van der Waals surface area (Å²) in [6.07, 6.45) is 22.7. The number of fused-ring (bicyclic) bond motifs is 3. The van der Waals surface area contributed by atoms with Gasteiger partial charge in [0, 0.05) is 79.2 Å². The molecule has 9 aromatic rings. The van der Waals surface area contributed by atoms with Crippen LogP contribution in [0, 0.1) is 16.2 Å². The molecule has 0 radical (unpaired) electrons. The van der Waals surface area contributed by atoms with Crippen molar-refractivity contribution in [1.29, 1.82) is 0 Å². The summed E-state index contributed by atoms with van der Waals surface area (Å²) >= 11 is 11.9. The Labute approximate surface area is 688 Å². The maximum atomic E-state index is 12.8. The zero-order valence-corrected chi connectivity index (χ0v) is 69.9. The molecule has 6 aromatic carbocycles. The molecule has 3 aliphatic carbocycles. The summed E-state index contributed by atoms with van der Waals surface area (Å²) in [5.41, 5.74) is 17.8. The molecule has 3 saturated heterocycles. The number of benzene rings is 6. The van der Waals surface area contributed by atoms with Gasteiger partial charge in [-0.3, -0.25) is 9.78 Å². The molecule has 0 bridgehead atoms. The van der Waals surface area contributed by atoms with Gasteiger partial charge in [-0.1, -0.05) is 185 Å². The van der Waals surface area contributed by atoms with Crippen LogP contribution in [0.25, 0.3) is 0 Å². The van der Waals surface area contributed by atoms with E-state index in [0.29, 0.717) is 5.03 Å². The van der Waals surface area contributed by atoms with E-state index in [1.165, 1.54) is 50.1 Å². The molecule has 23 heteroatoms. The number of rotatable bonds is 15. The van der Waals surface area contributed by atoms with Crippen molar-refractivity contribution in [1.82, 2.24) is 40.5 Å². The predicted molar refractivity (Wildman–Crippen MR) is 439 cm³/mol. The molecule has 0 unspecified atom stereocenters. The van der Waals surface area contributed by atoms with Gasteiger partial charge in [0.1, 0.15) is 38.7 Å². The number of nitrogens with one attached hydrogen (secondary N) is 2. The van der Waals surface area contributed by atoms with Crippen LogP contribution < -0.4 is 60.6 Å². The van der Waals surface area contributed by atoms with E-state index in [-0.39, 0.29) is 82.6 Å². The Morgan fingerprint density at radius 3 is 1.16 bits per heavy atom. The fraction of sp³-hybridized carbons (Fsp3) is 0.407. The molecule has 3 atom stereocenters. The third-order valence-electron chi connectivity index (χ3n) is 21.2. The number of halogens is 1. The van der Waals surface area contributed by atoms with Gasteiger partial charge < -0.3 is 58.3 Å². The average molecular weight is 1600 g/mol. The van der Waals surface area contributed by atoms with Gasteiger partial charge in [0.25, 0.3) is 6.47 Å². The van der Waals surface area contributed by atoms with Crippen LogP contribution >= 0.6 is 39.5 Å². The number of carbonyl (C=O) groups is 3. The summed E-state index contributed by atoms with van der Waals surface area (Å²) in [5, 5.41) is 16.8. The summed E-state index contributed by atoms with van der Waals surface area (Å²) < 4.78 is 11.2. The minimum atomic E-state index is -0.524. The Morgan fingerprint density at radius 2 is 0.817 bits per heavy atom. The van der Waals surface area contributed by atoms with Crippen molar-refractivity contribution in [3.05, 3.63) is 251 Å². The van der Waals surface area contributed by atoms with E-state index < -0.39 is 11.2 Å². The van der Waals surface area contributed by atoms with Crippen LogP contribution in [-0.2, 0) is 65.4 Å². The van der Waals surface area contributed by atoms with Crippen LogP contribution in [0.3, 0.4) is 0 Å². The molecule has 5 N–H and O–H groups in total. The Morgan fingerprint density at radius 1 is 0.495 bits per heavy atom. The Hall–Kier alpha value is -7.67. The number of anilines is 3. The van der Waals surface area contributed by atoms with Gasteiger partial charge in [-0.2, -0.15) is 0 Å². The van der Waals surface area contributed by atoms with E-state index in [4.69, 9.17) is 47.7 Å². The molecule has 15 rings (SSSR count). The Balaban J connectivity index is 0.000000162. The molecule has 0 saturated carbocycles. The van der Waals surface area contributed by atoms with Crippen LogP contribution in [-0.4, -0.2) is 121 Å². The molecule has 3 fully saturated rings. The van der Waals surface area contributed by atoms with Crippen molar-refractivity contribution in [3.63, 3.8) is 0 Å². The summed E-state index contributed by atoms with van der Waals surface area (Å²) in [6, 6.07) is 57.3. The Kier molecular flexibility index (Phi) is 30.4. The number of aromatic nitrogens is 6. The Bertz CT molecular complexity index is 4320. The smallest absolute Gasteiger partial charge is 0.759 e. The fourth-order valence-electron chi connectivity index (χ4n) is 15.8. The number of hydrogen-bond donors (Lipinski definition) is 4. The van der Waals surface area contributed by atoms with Crippen molar-refractivity contribution >= 4 is 88.2 Å². The molecule has 6 heterocycles. The quantitative estimate of drug-likeness (QED) is 0.0246. The van der Waals surface area contributed by atoms with Gasteiger partial charge in [0.2, 0.25) is 0 Å². The number of alkyl halides is 1. The normalized spacial score (nSPS) is 18.0. The van der Waals surface area contributed by atoms with E-state index in [1.54, 1.807) is 35.9 Å². The number of amides is 2. The monoisotopic (exact) mass is 1600 g/mol. The molecule has 568 valence electrons. The molecule has 3 aliphatic heterocycles. The largest absolute Gasteiger partial charge is 1.00 e. The number of nitrogens with zero attached hydrogens (tertiary/aromatic N) is 9.